The Bertz CT molecular complexity index is 944. The third-order valence-corrected chi connectivity index (χ3v) is 4.97. The van der Waals surface area contributed by atoms with Crippen LogP contribution in [0.3, 0.4) is 0 Å². The Morgan fingerprint density at radius 2 is 2.04 bits per heavy atom. The molecule has 25 heavy (non-hydrogen) atoms. The summed E-state index contributed by atoms with van der Waals surface area (Å²) in [4.78, 5) is 14.4. The van der Waals surface area contributed by atoms with E-state index in [1.165, 1.54) is 0 Å². The van der Waals surface area contributed by atoms with E-state index in [0.717, 1.165) is 51.5 Å². The first-order chi connectivity index (χ1) is 12.2. The van der Waals surface area contributed by atoms with Gasteiger partial charge < -0.3 is 0 Å². The molecule has 2 aromatic heterocycles. The molecule has 0 saturated carbocycles. The SMILES string of the molecule is CCC[C@@H]1N=C(c2ccccn2)c2cc(Br)ccc2-n2c(C)cnc21. The fraction of sp³-hybridized carbons (Fsp3) is 0.250. The maximum absolute atomic E-state index is 5.12. The average Bonchev–Trinajstić information content (AvgIpc) is 2.94. The maximum atomic E-state index is 5.12. The van der Waals surface area contributed by atoms with Gasteiger partial charge in [0.1, 0.15) is 11.9 Å². The summed E-state index contributed by atoms with van der Waals surface area (Å²) in [6.45, 7) is 4.28. The second-order valence-electron chi connectivity index (χ2n) is 6.25. The number of aliphatic imine (C=N–C) groups is 1. The summed E-state index contributed by atoms with van der Waals surface area (Å²) in [6.07, 6.45) is 5.77. The van der Waals surface area contributed by atoms with Crippen molar-refractivity contribution in [3.05, 3.63) is 76.0 Å². The van der Waals surface area contributed by atoms with E-state index in [4.69, 9.17) is 4.99 Å². The van der Waals surface area contributed by atoms with Crippen molar-refractivity contribution in [2.75, 3.05) is 0 Å². The van der Waals surface area contributed by atoms with E-state index in [9.17, 15) is 0 Å². The zero-order valence-corrected chi connectivity index (χ0v) is 15.9. The summed E-state index contributed by atoms with van der Waals surface area (Å²) in [7, 11) is 0. The Labute approximate surface area is 155 Å². The summed E-state index contributed by atoms with van der Waals surface area (Å²) < 4.78 is 3.27. The first-order valence-corrected chi connectivity index (χ1v) is 9.32. The Morgan fingerprint density at radius 1 is 1.16 bits per heavy atom. The van der Waals surface area contributed by atoms with Crippen molar-refractivity contribution < 1.29 is 0 Å². The molecule has 0 N–H and O–H groups in total. The average molecular weight is 395 g/mol. The Morgan fingerprint density at radius 3 is 2.80 bits per heavy atom. The number of aromatic nitrogens is 3. The first kappa shape index (κ1) is 16.2. The molecule has 1 atom stereocenters. The zero-order valence-electron chi connectivity index (χ0n) is 14.3. The van der Waals surface area contributed by atoms with Crippen LogP contribution in [0.4, 0.5) is 0 Å². The quantitative estimate of drug-likeness (QED) is 0.624. The van der Waals surface area contributed by atoms with Crippen LogP contribution in [0, 0.1) is 6.92 Å². The zero-order chi connectivity index (χ0) is 17.4. The van der Waals surface area contributed by atoms with Gasteiger partial charge >= 0.3 is 0 Å². The summed E-state index contributed by atoms with van der Waals surface area (Å²) in [5.74, 6) is 1.01. The minimum absolute atomic E-state index is 0.0295. The number of nitrogens with zero attached hydrogens (tertiary/aromatic N) is 4. The highest BCUT2D eigenvalue weighted by atomic mass is 79.9. The lowest BCUT2D eigenvalue weighted by atomic mass is 10.0. The Hall–Kier alpha value is -2.27. The molecule has 1 aromatic carbocycles. The number of fused-ring (bicyclic) bond motifs is 3. The molecular formula is C20H19BrN4. The van der Waals surface area contributed by atoms with Crippen LogP contribution in [0.5, 0.6) is 0 Å². The molecule has 126 valence electrons. The molecule has 5 heteroatoms. The number of hydrogen-bond donors (Lipinski definition) is 0. The van der Waals surface area contributed by atoms with Gasteiger partial charge in [-0.25, -0.2) is 4.98 Å². The van der Waals surface area contributed by atoms with Gasteiger partial charge in [0.2, 0.25) is 0 Å². The lowest BCUT2D eigenvalue weighted by Crippen LogP contribution is -2.09. The molecule has 4 nitrogen and oxygen atoms in total. The molecule has 0 aliphatic carbocycles. The highest BCUT2D eigenvalue weighted by Gasteiger charge is 2.27. The van der Waals surface area contributed by atoms with E-state index in [0.29, 0.717) is 0 Å². The number of halogens is 1. The second-order valence-corrected chi connectivity index (χ2v) is 7.17. The number of pyridine rings is 1. The van der Waals surface area contributed by atoms with Gasteiger partial charge in [-0.05, 0) is 43.7 Å². The first-order valence-electron chi connectivity index (χ1n) is 8.52. The predicted octanol–water partition coefficient (Wildman–Crippen LogP) is 5.03. The van der Waals surface area contributed by atoms with Gasteiger partial charge in [0.25, 0.3) is 0 Å². The molecule has 0 bridgehead atoms. The Kier molecular flexibility index (Phi) is 4.25. The van der Waals surface area contributed by atoms with Crippen LogP contribution in [-0.4, -0.2) is 20.2 Å². The molecule has 1 aliphatic heterocycles. The molecule has 0 amide bonds. The molecule has 0 fully saturated rings. The minimum Gasteiger partial charge on any atom is -0.299 e. The van der Waals surface area contributed by atoms with E-state index in [-0.39, 0.29) is 6.04 Å². The largest absolute Gasteiger partial charge is 0.299 e. The molecule has 0 spiro atoms. The number of benzene rings is 1. The van der Waals surface area contributed by atoms with Crippen LogP contribution in [0.25, 0.3) is 5.69 Å². The van der Waals surface area contributed by atoms with Gasteiger partial charge in [-0.3, -0.25) is 14.5 Å². The summed E-state index contributed by atoms with van der Waals surface area (Å²) in [6, 6.07) is 12.3. The highest BCUT2D eigenvalue weighted by molar-refractivity contribution is 9.10. The normalized spacial score (nSPS) is 16.0. The molecule has 4 rings (SSSR count). The van der Waals surface area contributed by atoms with Gasteiger partial charge in [0.05, 0.1) is 17.1 Å². The lowest BCUT2D eigenvalue weighted by Gasteiger charge is -2.14. The summed E-state index contributed by atoms with van der Waals surface area (Å²) in [5.41, 5.74) is 5.13. The standard InChI is InChI=1S/C20H19BrN4/c1-3-6-17-20-23-12-13(2)25(20)18-9-8-14(21)11-15(18)19(24-17)16-7-4-5-10-22-16/h4-5,7-12,17H,3,6H2,1-2H3/t17-/m0/s1. The lowest BCUT2D eigenvalue weighted by molar-refractivity contribution is 0.598. The van der Waals surface area contributed by atoms with E-state index >= 15 is 0 Å². The van der Waals surface area contributed by atoms with Gasteiger partial charge in [-0.1, -0.05) is 35.3 Å². The van der Waals surface area contributed by atoms with Crippen LogP contribution in [0.15, 0.2) is 58.3 Å². The van der Waals surface area contributed by atoms with Gasteiger partial charge in [-0.15, -0.1) is 0 Å². The van der Waals surface area contributed by atoms with Crippen molar-refractivity contribution >= 4 is 21.6 Å². The van der Waals surface area contributed by atoms with Crippen molar-refractivity contribution in [1.82, 2.24) is 14.5 Å². The van der Waals surface area contributed by atoms with Crippen molar-refractivity contribution in [3.8, 4) is 5.69 Å². The number of aryl methyl sites for hydroxylation is 1. The second kappa shape index (κ2) is 6.56. The Balaban J connectivity index is 2.03. The molecule has 0 saturated heterocycles. The monoisotopic (exact) mass is 394 g/mol. The maximum Gasteiger partial charge on any atom is 0.138 e. The van der Waals surface area contributed by atoms with Gasteiger partial charge in [0.15, 0.2) is 0 Å². The topological polar surface area (TPSA) is 43.1 Å². The minimum atomic E-state index is 0.0295. The van der Waals surface area contributed by atoms with Crippen molar-refractivity contribution in [1.29, 1.82) is 0 Å². The van der Waals surface area contributed by atoms with Crippen LogP contribution in [0.2, 0.25) is 0 Å². The van der Waals surface area contributed by atoms with E-state index in [1.54, 1.807) is 0 Å². The van der Waals surface area contributed by atoms with Crippen LogP contribution in [0.1, 0.15) is 48.6 Å². The van der Waals surface area contributed by atoms with Crippen LogP contribution >= 0.6 is 15.9 Å². The molecule has 3 heterocycles. The molecular weight excluding hydrogens is 376 g/mol. The molecule has 0 unspecified atom stereocenters. The molecule has 3 aromatic rings. The smallest absolute Gasteiger partial charge is 0.138 e. The van der Waals surface area contributed by atoms with Crippen LogP contribution in [-0.2, 0) is 0 Å². The molecule has 1 aliphatic rings. The van der Waals surface area contributed by atoms with Crippen molar-refractivity contribution in [2.24, 2.45) is 4.99 Å². The van der Waals surface area contributed by atoms with Gasteiger partial charge in [0, 0.05) is 28.1 Å². The van der Waals surface area contributed by atoms with E-state index < -0.39 is 0 Å². The van der Waals surface area contributed by atoms with E-state index in [1.807, 2.05) is 30.6 Å². The van der Waals surface area contributed by atoms with Crippen molar-refractivity contribution in [2.45, 2.75) is 32.7 Å². The predicted molar refractivity (Wildman–Crippen MR) is 104 cm³/mol. The fourth-order valence-electron chi connectivity index (χ4n) is 3.35. The van der Waals surface area contributed by atoms with Gasteiger partial charge in [-0.2, -0.15) is 0 Å². The summed E-state index contributed by atoms with van der Waals surface area (Å²) >= 11 is 3.61. The number of rotatable bonds is 3. The van der Waals surface area contributed by atoms with E-state index in [2.05, 4.69) is 62.5 Å². The highest BCUT2D eigenvalue weighted by Crippen LogP contribution is 2.34. The van der Waals surface area contributed by atoms with Crippen molar-refractivity contribution in [3.63, 3.8) is 0 Å². The third-order valence-electron chi connectivity index (χ3n) is 4.47. The number of hydrogen-bond acceptors (Lipinski definition) is 3. The summed E-state index contributed by atoms with van der Waals surface area (Å²) in [5, 5.41) is 0. The van der Waals surface area contributed by atoms with Crippen LogP contribution < -0.4 is 0 Å². The third kappa shape index (κ3) is 2.82. The fourth-order valence-corrected chi connectivity index (χ4v) is 3.72. The molecule has 0 radical (unpaired) electrons. The number of imidazole rings is 1.